The molecule has 11 heteroatoms. The fraction of sp³-hybridized carbons (Fsp3) is 0.294. The van der Waals surface area contributed by atoms with Gasteiger partial charge in [0, 0.05) is 19.3 Å². The second-order valence-corrected chi connectivity index (χ2v) is 8.62. The number of hydrogen-bond acceptors (Lipinski definition) is 4. The average Bonchev–Trinajstić information content (AvgIpc) is 3.13. The van der Waals surface area contributed by atoms with Gasteiger partial charge in [-0.1, -0.05) is 11.6 Å². The molecule has 28 heavy (non-hydrogen) atoms. The van der Waals surface area contributed by atoms with Crippen LogP contribution >= 0.6 is 24.0 Å². The summed E-state index contributed by atoms with van der Waals surface area (Å²) < 4.78 is 42.3. The van der Waals surface area contributed by atoms with Crippen LogP contribution in [0.4, 0.5) is 4.39 Å². The maximum atomic E-state index is 13.8. The number of pyridine rings is 1. The Morgan fingerprint density at radius 2 is 1.89 bits per heavy atom. The summed E-state index contributed by atoms with van der Waals surface area (Å²) in [6.07, 6.45) is 2.92. The van der Waals surface area contributed by atoms with Gasteiger partial charge in [0.1, 0.15) is 11.3 Å². The standard InChI is InChI=1S/C17H18ClFN4O3S.ClH/c18-12-8-14(17(21)24)16(20)22(10-12)9-11-7-13(19)3-4-15(11)27(25,26)23-5-1-2-6-23;/h3-4,7-8,10,20H,1-2,5-6,9H2,(H2,21,24);1H. The summed E-state index contributed by atoms with van der Waals surface area (Å²) in [7, 11) is -3.79. The Balaban J connectivity index is 0.00000280. The number of hydrogen-bond donors (Lipinski definition) is 2. The molecule has 3 N–H and O–H groups in total. The average molecular weight is 449 g/mol. The molecule has 7 nitrogen and oxygen atoms in total. The van der Waals surface area contributed by atoms with E-state index in [-0.39, 0.29) is 45.5 Å². The summed E-state index contributed by atoms with van der Waals surface area (Å²) >= 11 is 5.98. The first-order valence-electron chi connectivity index (χ1n) is 8.23. The third-order valence-electron chi connectivity index (χ3n) is 4.42. The molecule has 1 aliphatic rings. The molecule has 152 valence electrons. The minimum absolute atomic E-state index is 0. The van der Waals surface area contributed by atoms with Gasteiger partial charge in [-0.2, -0.15) is 4.31 Å². The Bertz CT molecular complexity index is 1070. The third kappa shape index (κ3) is 4.38. The van der Waals surface area contributed by atoms with Crippen molar-refractivity contribution in [3.63, 3.8) is 0 Å². The monoisotopic (exact) mass is 448 g/mol. The van der Waals surface area contributed by atoms with Crippen LogP contribution in [0.2, 0.25) is 5.02 Å². The van der Waals surface area contributed by atoms with Crippen LogP contribution in [0.3, 0.4) is 0 Å². The van der Waals surface area contributed by atoms with Crippen molar-refractivity contribution in [2.45, 2.75) is 24.3 Å². The Hall–Kier alpha value is -1.94. The molecule has 0 saturated carbocycles. The molecule has 1 aromatic carbocycles. The number of rotatable bonds is 5. The van der Waals surface area contributed by atoms with Crippen molar-refractivity contribution >= 4 is 39.9 Å². The van der Waals surface area contributed by atoms with Gasteiger partial charge < -0.3 is 10.3 Å². The topological polar surface area (TPSA) is 109 Å². The van der Waals surface area contributed by atoms with E-state index in [2.05, 4.69) is 0 Å². The van der Waals surface area contributed by atoms with E-state index in [0.717, 1.165) is 25.0 Å². The van der Waals surface area contributed by atoms with Crippen molar-refractivity contribution in [1.82, 2.24) is 8.87 Å². The van der Waals surface area contributed by atoms with Crippen molar-refractivity contribution in [3.8, 4) is 0 Å². The summed E-state index contributed by atoms with van der Waals surface area (Å²) in [5.41, 5.74) is 5.08. The number of sulfonamides is 1. The van der Waals surface area contributed by atoms with Crippen LogP contribution in [0.5, 0.6) is 0 Å². The van der Waals surface area contributed by atoms with Crippen molar-refractivity contribution in [2.24, 2.45) is 5.73 Å². The predicted molar refractivity (Wildman–Crippen MR) is 105 cm³/mol. The van der Waals surface area contributed by atoms with Gasteiger partial charge >= 0.3 is 0 Å². The molecule has 1 aromatic heterocycles. The number of nitrogens with one attached hydrogen (secondary N) is 1. The van der Waals surface area contributed by atoms with Gasteiger partial charge in [-0.3, -0.25) is 10.2 Å². The van der Waals surface area contributed by atoms with E-state index in [0.29, 0.717) is 13.1 Å². The smallest absolute Gasteiger partial charge is 0.252 e. The van der Waals surface area contributed by atoms with Crippen LogP contribution in [0, 0.1) is 11.2 Å². The second-order valence-electron chi connectivity index (χ2n) is 6.28. The van der Waals surface area contributed by atoms with Gasteiger partial charge in [0.25, 0.3) is 5.91 Å². The van der Waals surface area contributed by atoms with Gasteiger partial charge in [0.15, 0.2) is 0 Å². The highest BCUT2D eigenvalue weighted by atomic mass is 35.5. The third-order valence-corrected chi connectivity index (χ3v) is 6.62. The Labute approximate surface area is 172 Å². The fourth-order valence-electron chi connectivity index (χ4n) is 3.10. The predicted octanol–water partition coefficient (Wildman–Crippen LogP) is 2.11. The van der Waals surface area contributed by atoms with Crippen molar-refractivity contribution < 1.29 is 17.6 Å². The lowest BCUT2D eigenvalue weighted by Crippen LogP contribution is -2.31. The number of carbonyl (C=O) groups excluding carboxylic acids is 1. The molecule has 0 unspecified atom stereocenters. The SMILES string of the molecule is Cl.N=c1c(C(N)=O)cc(Cl)cn1Cc1cc(F)ccc1S(=O)(=O)N1CCCC1. The van der Waals surface area contributed by atoms with Gasteiger partial charge in [-0.15, -0.1) is 12.4 Å². The molecular formula is C17H19Cl2FN4O3S. The van der Waals surface area contributed by atoms with E-state index in [4.69, 9.17) is 22.7 Å². The molecule has 0 atom stereocenters. The van der Waals surface area contributed by atoms with E-state index in [9.17, 15) is 17.6 Å². The number of amides is 1. The summed E-state index contributed by atoms with van der Waals surface area (Å²) in [5, 5.41) is 8.27. The largest absolute Gasteiger partial charge is 0.365 e. The molecule has 3 rings (SSSR count). The highest BCUT2D eigenvalue weighted by Gasteiger charge is 2.29. The fourth-order valence-corrected chi connectivity index (χ4v) is 5.04. The molecule has 2 aromatic rings. The molecule has 0 radical (unpaired) electrons. The molecule has 0 spiro atoms. The number of primary amides is 1. The molecule has 1 saturated heterocycles. The maximum absolute atomic E-state index is 13.8. The van der Waals surface area contributed by atoms with Crippen LogP contribution < -0.4 is 11.2 Å². The van der Waals surface area contributed by atoms with E-state index < -0.39 is 21.7 Å². The molecule has 1 amide bonds. The maximum Gasteiger partial charge on any atom is 0.252 e. The van der Waals surface area contributed by atoms with E-state index in [1.807, 2.05) is 0 Å². The summed E-state index contributed by atoms with van der Waals surface area (Å²) in [6, 6.07) is 4.68. The Morgan fingerprint density at radius 1 is 1.25 bits per heavy atom. The highest BCUT2D eigenvalue weighted by Crippen LogP contribution is 2.25. The van der Waals surface area contributed by atoms with Crippen molar-refractivity contribution in [3.05, 3.63) is 57.9 Å². The molecule has 2 heterocycles. The number of halogens is 3. The molecule has 0 bridgehead atoms. The van der Waals surface area contributed by atoms with Crippen molar-refractivity contribution in [1.29, 1.82) is 5.41 Å². The first kappa shape index (κ1) is 22.4. The normalized spacial score (nSPS) is 14.6. The number of aromatic nitrogens is 1. The Morgan fingerprint density at radius 3 is 2.50 bits per heavy atom. The van der Waals surface area contributed by atoms with E-state index >= 15 is 0 Å². The zero-order valence-electron chi connectivity index (χ0n) is 14.7. The lowest BCUT2D eigenvalue weighted by Gasteiger charge is -2.19. The lowest BCUT2D eigenvalue weighted by atomic mass is 10.2. The van der Waals surface area contributed by atoms with E-state index in [1.165, 1.54) is 27.2 Å². The van der Waals surface area contributed by atoms with Gasteiger partial charge in [0.05, 0.1) is 22.0 Å². The van der Waals surface area contributed by atoms with Gasteiger partial charge in [0.2, 0.25) is 10.0 Å². The molecule has 1 fully saturated rings. The molecule has 1 aliphatic heterocycles. The number of nitrogens with zero attached hydrogens (tertiary/aromatic N) is 2. The quantitative estimate of drug-likeness (QED) is 0.730. The first-order chi connectivity index (χ1) is 12.7. The second kappa shape index (κ2) is 8.60. The van der Waals surface area contributed by atoms with Crippen LogP contribution in [-0.4, -0.2) is 36.3 Å². The zero-order valence-corrected chi connectivity index (χ0v) is 17.1. The van der Waals surface area contributed by atoms with Crippen LogP contribution in [0.1, 0.15) is 28.8 Å². The summed E-state index contributed by atoms with van der Waals surface area (Å²) in [4.78, 5) is 11.5. The minimum atomic E-state index is -3.79. The first-order valence-corrected chi connectivity index (χ1v) is 10.0. The molecule has 0 aliphatic carbocycles. The number of nitrogens with two attached hydrogens (primary N) is 1. The summed E-state index contributed by atoms with van der Waals surface area (Å²) in [6.45, 7) is 0.678. The minimum Gasteiger partial charge on any atom is -0.365 e. The highest BCUT2D eigenvalue weighted by molar-refractivity contribution is 7.89. The van der Waals surface area contributed by atoms with E-state index in [1.54, 1.807) is 0 Å². The van der Waals surface area contributed by atoms with Crippen LogP contribution in [0.25, 0.3) is 0 Å². The van der Waals surface area contributed by atoms with Crippen LogP contribution in [0.15, 0.2) is 35.4 Å². The molecular weight excluding hydrogens is 430 g/mol. The zero-order chi connectivity index (χ0) is 19.8. The Kier molecular flexibility index (Phi) is 6.87. The van der Waals surface area contributed by atoms with Gasteiger partial charge in [-0.25, -0.2) is 12.8 Å². The van der Waals surface area contributed by atoms with Gasteiger partial charge in [-0.05, 0) is 42.7 Å². The van der Waals surface area contributed by atoms with Crippen molar-refractivity contribution in [2.75, 3.05) is 13.1 Å². The lowest BCUT2D eigenvalue weighted by molar-refractivity contribution is 0.0997. The van der Waals surface area contributed by atoms with Crippen LogP contribution in [-0.2, 0) is 16.6 Å². The summed E-state index contributed by atoms with van der Waals surface area (Å²) in [5.74, 6) is -1.44. The number of benzene rings is 1. The number of carbonyl (C=O) groups is 1.